The second-order valence-electron chi connectivity index (χ2n) is 2.22. The third-order valence-corrected chi connectivity index (χ3v) is 5.07. The minimum Gasteiger partial charge on any atom is -0.393 e. The topological polar surface area (TPSA) is 20.2 Å². The lowest BCUT2D eigenvalue weighted by Crippen LogP contribution is -1.97. The molecule has 1 aliphatic heterocycles. The largest absolute Gasteiger partial charge is 0.393 e. The van der Waals surface area contributed by atoms with Crippen molar-refractivity contribution in [3.05, 3.63) is 10.3 Å². The van der Waals surface area contributed by atoms with Crippen LogP contribution < -0.4 is 0 Å². The molecule has 1 aliphatic rings. The van der Waals surface area contributed by atoms with Gasteiger partial charge < -0.3 is 5.11 Å². The molecular weight excluding hydrogens is 184 g/mol. The number of aliphatic hydroxyl groups is 1. The predicted octanol–water partition coefficient (Wildman–Crippen LogP) is 3.03. The molecule has 0 saturated carbocycles. The van der Waals surface area contributed by atoms with Crippen LogP contribution >= 0.6 is 31.4 Å². The first-order valence-corrected chi connectivity index (χ1v) is 6.71. The van der Waals surface area contributed by atoms with Gasteiger partial charge in [-0.3, -0.25) is 0 Å². The molecule has 1 atom stereocenters. The summed E-state index contributed by atoms with van der Waals surface area (Å²) in [5.74, 6) is 0. The molecule has 1 rings (SSSR count). The number of allylic oxidation sites excluding steroid dienone is 1. The summed E-state index contributed by atoms with van der Waals surface area (Å²) < 4.78 is 0. The average molecular weight is 194 g/mol. The predicted molar refractivity (Wildman–Crippen MR) is 51.8 cm³/mol. The molecule has 1 unspecified atom stereocenters. The second kappa shape index (κ2) is 4.59. The van der Waals surface area contributed by atoms with Gasteiger partial charge in [0.2, 0.25) is 0 Å². The summed E-state index contributed by atoms with van der Waals surface area (Å²) in [4.78, 5) is 1.40. The zero-order valence-corrected chi connectivity index (χ0v) is 8.19. The maximum absolute atomic E-state index is 8.96. The summed E-state index contributed by atoms with van der Waals surface area (Å²) in [6.45, 7) is 1.83. The van der Waals surface area contributed by atoms with Crippen LogP contribution in [0.1, 0.15) is 19.8 Å². The van der Waals surface area contributed by atoms with Gasteiger partial charge in [0.1, 0.15) is 0 Å². The van der Waals surface area contributed by atoms with E-state index in [0.717, 1.165) is 12.8 Å². The summed E-state index contributed by atoms with van der Waals surface area (Å²) >= 11 is 0. The van der Waals surface area contributed by atoms with Crippen molar-refractivity contribution in [3.8, 4) is 0 Å². The SMILES string of the molecule is CC(O)CCC1=CSSS1. The first-order chi connectivity index (χ1) is 4.79. The minimum absolute atomic E-state index is 0.155. The molecule has 10 heavy (non-hydrogen) atoms. The Morgan fingerprint density at radius 2 is 2.50 bits per heavy atom. The highest BCUT2D eigenvalue weighted by atomic mass is 33.5. The third kappa shape index (κ3) is 3.23. The van der Waals surface area contributed by atoms with Crippen molar-refractivity contribution in [2.75, 3.05) is 0 Å². The van der Waals surface area contributed by atoms with Crippen LogP contribution in [0.5, 0.6) is 0 Å². The smallest absolute Gasteiger partial charge is 0.0515 e. The third-order valence-electron chi connectivity index (χ3n) is 1.17. The van der Waals surface area contributed by atoms with E-state index < -0.39 is 0 Å². The quantitative estimate of drug-likeness (QED) is 0.696. The van der Waals surface area contributed by atoms with Crippen LogP contribution in [0.15, 0.2) is 10.3 Å². The maximum atomic E-state index is 8.96. The molecule has 0 fully saturated rings. The van der Waals surface area contributed by atoms with Crippen molar-refractivity contribution in [1.29, 1.82) is 0 Å². The first kappa shape index (κ1) is 8.84. The van der Waals surface area contributed by atoms with Crippen LogP contribution in [-0.2, 0) is 0 Å². The standard InChI is InChI=1S/C6H10OS3/c1-5(7)2-3-6-4-8-10-9-6/h4-5,7H,2-3H2,1H3. The molecule has 0 aromatic rings. The van der Waals surface area contributed by atoms with E-state index in [0.29, 0.717) is 0 Å². The van der Waals surface area contributed by atoms with Crippen LogP contribution in [0.2, 0.25) is 0 Å². The molecule has 1 nitrogen and oxygen atoms in total. The van der Waals surface area contributed by atoms with Crippen molar-refractivity contribution in [1.82, 2.24) is 0 Å². The molecule has 4 heteroatoms. The molecule has 0 amide bonds. The Labute approximate surface area is 72.8 Å². The molecular formula is C6H10OS3. The summed E-state index contributed by atoms with van der Waals surface area (Å²) in [5, 5.41) is 11.1. The summed E-state index contributed by atoms with van der Waals surface area (Å²) in [5.41, 5.74) is 0. The van der Waals surface area contributed by atoms with Gasteiger partial charge in [0, 0.05) is 4.91 Å². The summed E-state index contributed by atoms with van der Waals surface area (Å²) in [6.07, 6.45) is 1.76. The van der Waals surface area contributed by atoms with Gasteiger partial charge in [0.25, 0.3) is 0 Å². The van der Waals surface area contributed by atoms with E-state index >= 15 is 0 Å². The highest BCUT2D eigenvalue weighted by Crippen LogP contribution is 2.50. The number of hydrogen-bond donors (Lipinski definition) is 1. The van der Waals surface area contributed by atoms with Crippen LogP contribution in [0, 0.1) is 0 Å². The van der Waals surface area contributed by atoms with Crippen molar-refractivity contribution in [2.45, 2.75) is 25.9 Å². The Hall–Kier alpha value is 0.750. The fraction of sp³-hybridized carbons (Fsp3) is 0.667. The van der Waals surface area contributed by atoms with Crippen LogP contribution in [0.25, 0.3) is 0 Å². The Balaban J connectivity index is 2.13. The molecule has 0 radical (unpaired) electrons. The highest BCUT2D eigenvalue weighted by molar-refractivity contribution is 9.11. The highest BCUT2D eigenvalue weighted by Gasteiger charge is 2.07. The van der Waals surface area contributed by atoms with Crippen molar-refractivity contribution in [3.63, 3.8) is 0 Å². The molecule has 0 aromatic carbocycles. The number of aliphatic hydroxyl groups excluding tert-OH is 1. The molecule has 0 aliphatic carbocycles. The number of rotatable bonds is 3. The van der Waals surface area contributed by atoms with Gasteiger partial charge >= 0.3 is 0 Å². The second-order valence-corrected chi connectivity index (χ2v) is 6.19. The van der Waals surface area contributed by atoms with Gasteiger partial charge in [-0.25, -0.2) is 0 Å². The van der Waals surface area contributed by atoms with Gasteiger partial charge in [-0.15, -0.1) is 0 Å². The van der Waals surface area contributed by atoms with Gasteiger partial charge in [-0.05, 0) is 45.8 Å². The Kier molecular flexibility index (Phi) is 4.06. The van der Waals surface area contributed by atoms with Gasteiger partial charge in [0.15, 0.2) is 0 Å². The van der Waals surface area contributed by atoms with Gasteiger partial charge in [-0.1, -0.05) is 10.8 Å². The lowest BCUT2D eigenvalue weighted by molar-refractivity contribution is 0.185. The normalized spacial score (nSPS) is 20.8. The lowest BCUT2D eigenvalue weighted by Gasteiger charge is -2.01. The van der Waals surface area contributed by atoms with Crippen LogP contribution in [0.4, 0.5) is 0 Å². The molecule has 0 spiro atoms. The lowest BCUT2D eigenvalue weighted by atomic mass is 10.2. The van der Waals surface area contributed by atoms with E-state index in [4.69, 9.17) is 5.11 Å². The van der Waals surface area contributed by atoms with Crippen LogP contribution in [-0.4, -0.2) is 11.2 Å². The van der Waals surface area contributed by atoms with Crippen molar-refractivity contribution >= 4 is 31.4 Å². The Morgan fingerprint density at radius 1 is 1.70 bits per heavy atom. The van der Waals surface area contributed by atoms with E-state index in [-0.39, 0.29) is 6.10 Å². The Morgan fingerprint density at radius 3 is 3.00 bits per heavy atom. The zero-order valence-electron chi connectivity index (χ0n) is 5.74. The van der Waals surface area contributed by atoms with Gasteiger partial charge in [0.05, 0.1) is 6.10 Å². The minimum atomic E-state index is -0.155. The molecule has 0 saturated heterocycles. The summed E-state index contributed by atoms with van der Waals surface area (Å²) in [6, 6.07) is 0. The first-order valence-electron chi connectivity index (χ1n) is 3.16. The molecule has 1 heterocycles. The maximum Gasteiger partial charge on any atom is 0.0515 e. The Bertz CT molecular complexity index is 133. The number of hydrogen-bond acceptors (Lipinski definition) is 4. The monoisotopic (exact) mass is 194 g/mol. The molecule has 58 valence electrons. The van der Waals surface area contributed by atoms with E-state index in [1.807, 2.05) is 17.7 Å². The van der Waals surface area contributed by atoms with Gasteiger partial charge in [-0.2, -0.15) is 0 Å². The zero-order chi connectivity index (χ0) is 7.40. The fourth-order valence-corrected chi connectivity index (χ4v) is 4.63. The van der Waals surface area contributed by atoms with Crippen LogP contribution in [0.3, 0.4) is 0 Å². The average Bonchev–Trinajstić information content (AvgIpc) is 2.34. The van der Waals surface area contributed by atoms with E-state index in [1.54, 1.807) is 20.6 Å². The summed E-state index contributed by atoms with van der Waals surface area (Å²) in [7, 11) is 5.38. The van der Waals surface area contributed by atoms with E-state index in [9.17, 15) is 0 Å². The van der Waals surface area contributed by atoms with E-state index in [2.05, 4.69) is 5.41 Å². The van der Waals surface area contributed by atoms with Crippen molar-refractivity contribution in [2.24, 2.45) is 0 Å². The van der Waals surface area contributed by atoms with E-state index in [1.165, 1.54) is 4.91 Å². The molecule has 1 N–H and O–H groups in total. The van der Waals surface area contributed by atoms with Crippen molar-refractivity contribution < 1.29 is 5.11 Å². The molecule has 0 aromatic heterocycles. The molecule has 0 bridgehead atoms. The fourth-order valence-electron chi connectivity index (χ4n) is 0.608.